The van der Waals surface area contributed by atoms with Crippen molar-refractivity contribution in [2.75, 3.05) is 13.1 Å². The van der Waals surface area contributed by atoms with E-state index in [4.69, 9.17) is 0 Å². The largest absolute Gasteiger partial charge is 0.348 e. The van der Waals surface area contributed by atoms with Crippen molar-refractivity contribution in [3.63, 3.8) is 0 Å². The van der Waals surface area contributed by atoms with Crippen molar-refractivity contribution in [3.05, 3.63) is 30.9 Å². The molecule has 1 aliphatic heterocycles. The standard InChI is InChI=1S/C11H15N3O/c1-2-9-5-11(15)14(7-9)4-3-10-6-12-8-13-10/h2,6,8-9H,1,3-5,7H2,(H,12,13). The first-order valence-corrected chi connectivity index (χ1v) is 5.17. The number of H-pyrrole nitrogens is 1. The van der Waals surface area contributed by atoms with Crippen molar-refractivity contribution in [2.45, 2.75) is 12.8 Å². The van der Waals surface area contributed by atoms with E-state index in [0.29, 0.717) is 12.3 Å². The van der Waals surface area contributed by atoms with Crippen LogP contribution in [-0.2, 0) is 11.2 Å². The molecular weight excluding hydrogens is 190 g/mol. The Morgan fingerprint density at radius 2 is 2.60 bits per heavy atom. The first-order chi connectivity index (χ1) is 7.29. The molecule has 4 nitrogen and oxygen atoms in total. The van der Waals surface area contributed by atoms with Crippen LogP contribution in [0.4, 0.5) is 0 Å². The van der Waals surface area contributed by atoms with E-state index in [1.54, 1.807) is 12.5 Å². The third kappa shape index (κ3) is 2.26. The van der Waals surface area contributed by atoms with Crippen molar-refractivity contribution in [1.29, 1.82) is 0 Å². The summed E-state index contributed by atoms with van der Waals surface area (Å²) < 4.78 is 0. The number of rotatable bonds is 4. The van der Waals surface area contributed by atoms with Crippen LogP contribution < -0.4 is 0 Å². The third-order valence-corrected chi connectivity index (χ3v) is 2.78. The van der Waals surface area contributed by atoms with E-state index in [0.717, 1.165) is 25.2 Å². The number of hydrogen-bond acceptors (Lipinski definition) is 2. The predicted molar refractivity (Wildman–Crippen MR) is 57.2 cm³/mol. The second kappa shape index (κ2) is 4.29. The molecule has 1 amide bonds. The van der Waals surface area contributed by atoms with Crippen LogP contribution in [0, 0.1) is 5.92 Å². The number of amides is 1. The minimum atomic E-state index is 0.236. The highest BCUT2D eigenvalue weighted by Gasteiger charge is 2.26. The highest BCUT2D eigenvalue weighted by molar-refractivity contribution is 5.78. The molecule has 0 spiro atoms. The van der Waals surface area contributed by atoms with Gasteiger partial charge >= 0.3 is 0 Å². The number of hydrogen-bond donors (Lipinski definition) is 1. The second-order valence-corrected chi connectivity index (χ2v) is 3.87. The summed E-state index contributed by atoms with van der Waals surface area (Å²) in [4.78, 5) is 20.4. The lowest BCUT2D eigenvalue weighted by molar-refractivity contribution is -0.127. The number of carbonyl (C=O) groups is 1. The van der Waals surface area contributed by atoms with E-state index in [9.17, 15) is 4.79 Å². The Bertz CT molecular complexity index is 345. The lowest BCUT2D eigenvalue weighted by Crippen LogP contribution is -2.27. The smallest absolute Gasteiger partial charge is 0.223 e. The van der Waals surface area contributed by atoms with Crippen molar-refractivity contribution in [3.8, 4) is 0 Å². The van der Waals surface area contributed by atoms with E-state index in [1.807, 2.05) is 11.0 Å². The Morgan fingerprint density at radius 1 is 1.73 bits per heavy atom. The first kappa shape index (κ1) is 9.96. The van der Waals surface area contributed by atoms with Gasteiger partial charge < -0.3 is 9.88 Å². The molecule has 4 heteroatoms. The van der Waals surface area contributed by atoms with Gasteiger partial charge in [-0.3, -0.25) is 4.79 Å². The lowest BCUT2D eigenvalue weighted by atomic mass is 10.1. The summed E-state index contributed by atoms with van der Waals surface area (Å²) in [6, 6.07) is 0. The van der Waals surface area contributed by atoms with Crippen LogP contribution in [0.3, 0.4) is 0 Å². The lowest BCUT2D eigenvalue weighted by Gasteiger charge is -2.14. The van der Waals surface area contributed by atoms with Crippen LogP contribution in [0.25, 0.3) is 0 Å². The topological polar surface area (TPSA) is 49.0 Å². The van der Waals surface area contributed by atoms with E-state index in [2.05, 4.69) is 16.5 Å². The zero-order chi connectivity index (χ0) is 10.7. The fourth-order valence-corrected chi connectivity index (χ4v) is 1.85. The van der Waals surface area contributed by atoms with E-state index < -0.39 is 0 Å². The molecule has 0 saturated carbocycles. The van der Waals surface area contributed by atoms with Crippen LogP contribution in [0.1, 0.15) is 12.1 Å². The zero-order valence-electron chi connectivity index (χ0n) is 8.65. The molecular formula is C11H15N3O. The SMILES string of the molecule is C=CC1CC(=O)N(CCc2cnc[nH]2)C1. The Labute approximate surface area is 89.0 Å². The van der Waals surface area contributed by atoms with Crippen molar-refractivity contribution in [1.82, 2.24) is 14.9 Å². The Hall–Kier alpha value is -1.58. The summed E-state index contributed by atoms with van der Waals surface area (Å²) in [6.07, 6.45) is 6.79. The molecule has 1 unspecified atom stereocenters. The fraction of sp³-hybridized carbons (Fsp3) is 0.455. The van der Waals surface area contributed by atoms with Gasteiger partial charge in [-0.1, -0.05) is 6.08 Å². The summed E-state index contributed by atoms with van der Waals surface area (Å²) in [5, 5.41) is 0. The highest BCUT2D eigenvalue weighted by Crippen LogP contribution is 2.18. The van der Waals surface area contributed by atoms with Gasteiger partial charge in [-0.05, 0) is 0 Å². The third-order valence-electron chi connectivity index (χ3n) is 2.78. The Kier molecular flexibility index (Phi) is 2.85. The number of nitrogens with zero attached hydrogens (tertiary/aromatic N) is 2. The average Bonchev–Trinajstić information content (AvgIpc) is 2.84. The maximum atomic E-state index is 11.6. The number of imidazole rings is 1. The normalized spacial score (nSPS) is 20.9. The second-order valence-electron chi connectivity index (χ2n) is 3.87. The molecule has 0 aromatic carbocycles. The van der Waals surface area contributed by atoms with Gasteiger partial charge in [-0.2, -0.15) is 0 Å². The maximum Gasteiger partial charge on any atom is 0.223 e. The molecule has 15 heavy (non-hydrogen) atoms. The van der Waals surface area contributed by atoms with Crippen molar-refractivity contribution in [2.24, 2.45) is 5.92 Å². The van der Waals surface area contributed by atoms with Gasteiger partial charge in [-0.15, -0.1) is 6.58 Å². The summed E-state index contributed by atoms with van der Waals surface area (Å²) in [5.41, 5.74) is 1.07. The van der Waals surface area contributed by atoms with Crippen LogP contribution in [0.5, 0.6) is 0 Å². The minimum absolute atomic E-state index is 0.236. The van der Waals surface area contributed by atoms with Crippen LogP contribution in [0.15, 0.2) is 25.2 Å². The van der Waals surface area contributed by atoms with Gasteiger partial charge in [0, 0.05) is 43.7 Å². The fourth-order valence-electron chi connectivity index (χ4n) is 1.85. The van der Waals surface area contributed by atoms with Crippen LogP contribution in [-0.4, -0.2) is 33.9 Å². The van der Waals surface area contributed by atoms with Crippen molar-refractivity contribution >= 4 is 5.91 Å². The number of aromatic nitrogens is 2. The molecule has 2 rings (SSSR count). The number of nitrogens with one attached hydrogen (secondary N) is 1. The summed E-state index contributed by atoms with van der Waals surface area (Å²) in [5.74, 6) is 0.568. The molecule has 0 bridgehead atoms. The quantitative estimate of drug-likeness (QED) is 0.745. The Morgan fingerprint density at radius 3 is 3.20 bits per heavy atom. The molecule has 80 valence electrons. The average molecular weight is 205 g/mol. The molecule has 1 aromatic rings. The summed E-state index contributed by atoms with van der Waals surface area (Å²) in [6.45, 7) is 5.31. The number of likely N-dealkylation sites (tertiary alicyclic amines) is 1. The van der Waals surface area contributed by atoms with Gasteiger partial charge in [0.1, 0.15) is 0 Å². The first-order valence-electron chi connectivity index (χ1n) is 5.17. The van der Waals surface area contributed by atoms with Gasteiger partial charge in [0.15, 0.2) is 0 Å². The monoisotopic (exact) mass is 205 g/mol. The summed E-state index contributed by atoms with van der Waals surface area (Å²) >= 11 is 0. The molecule has 1 atom stereocenters. The van der Waals surface area contributed by atoms with E-state index in [-0.39, 0.29) is 5.91 Å². The van der Waals surface area contributed by atoms with Crippen LogP contribution >= 0.6 is 0 Å². The minimum Gasteiger partial charge on any atom is -0.348 e. The summed E-state index contributed by atoms with van der Waals surface area (Å²) in [7, 11) is 0. The van der Waals surface area contributed by atoms with Gasteiger partial charge in [-0.25, -0.2) is 4.98 Å². The molecule has 0 radical (unpaired) electrons. The molecule has 2 heterocycles. The highest BCUT2D eigenvalue weighted by atomic mass is 16.2. The van der Waals surface area contributed by atoms with Gasteiger partial charge in [0.2, 0.25) is 5.91 Å². The van der Waals surface area contributed by atoms with Gasteiger partial charge in [0.05, 0.1) is 6.33 Å². The molecule has 1 fully saturated rings. The van der Waals surface area contributed by atoms with Gasteiger partial charge in [0.25, 0.3) is 0 Å². The predicted octanol–water partition coefficient (Wildman–Crippen LogP) is 0.987. The molecule has 1 saturated heterocycles. The number of aromatic amines is 1. The molecule has 1 aliphatic rings. The maximum absolute atomic E-state index is 11.6. The molecule has 1 aromatic heterocycles. The van der Waals surface area contributed by atoms with E-state index >= 15 is 0 Å². The Balaban J connectivity index is 1.85. The van der Waals surface area contributed by atoms with Crippen molar-refractivity contribution < 1.29 is 4.79 Å². The van der Waals surface area contributed by atoms with Crippen LogP contribution in [0.2, 0.25) is 0 Å². The molecule has 1 N–H and O–H groups in total. The van der Waals surface area contributed by atoms with E-state index in [1.165, 1.54) is 0 Å². The number of carbonyl (C=O) groups excluding carboxylic acids is 1. The zero-order valence-corrected chi connectivity index (χ0v) is 8.65. The molecule has 0 aliphatic carbocycles.